The van der Waals surface area contributed by atoms with Crippen LogP contribution in [0, 0.1) is 0 Å². The van der Waals surface area contributed by atoms with Crippen LogP contribution in [-0.2, 0) is 19.3 Å². The van der Waals surface area contributed by atoms with E-state index in [1.165, 1.54) is 41.9 Å². The summed E-state index contributed by atoms with van der Waals surface area (Å²) in [4.78, 5) is 4.66. The topological polar surface area (TPSA) is 12.0 Å². The molecule has 2 heterocycles. The molecule has 2 aromatic heterocycles. The lowest BCUT2D eigenvalue weighted by Crippen LogP contribution is -2.17. The smallest absolute Gasteiger partial charge is 0.0461 e. The van der Waals surface area contributed by atoms with Crippen LogP contribution in [0.15, 0.2) is 23.6 Å². The second-order valence-electron chi connectivity index (χ2n) is 5.28. The third-order valence-corrected chi connectivity index (χ3v) is 6.19. The lowest BCUT2D eigenvalue weighted by atomic mass is 10.1. The molecule has 3 rings (SSSR count). The number of hydrogen-bond acceptors (Lipinski definition) is 3. The molecule has 1 atom stereocenters. The summed E-state index contributed by atoms with van der Waals surface area (Å²) < 4.78 is 0. The van der Waals surface area contributed by atoms with Crippen LogP contribution in [0.2, 0.25) is 0 Å². The molecule has 0 spiro atoms. The molecule has 0 amide bonds. The van der Waals surface area contributed by atoms with E-state index in [1.54, 1.807) is 10.4 Å². The van der Waals surface area contributed by atoms with Gasteiger partial charge < -0.3 is 5.32 Å². The number of fused-ring (bicyclic) bond motifs is 1. The van der Waals surface area contributed by atoms with E-state index in [4.69, 9.17) is 0 Å². The van der Waals surface area contributed by atoms with Crippen molar-refractivity contribution in [3.63, 3.8) is 0 Å². The van der Waals surface area contributed by atoms with Gasteiger partial charge in [0.25, 0.3) is 0 Å². The molecule has 0 bridgehead atoms. The molecule has 0 aliphatic heterocycles. The lowest BCUT2D eigenvalue weighted by Gasteiger charge is -2.13. The Hall–Kier alpha value is -0.640. The molecule has 0 saturated heterocycles. The second kappa shape index (κ2) is 6.21. The second-order valence-corrected chi connectivity index (χ2v) is 7.48. The molecule has 1 aliphatic carbocycles. The zero-order chi connectivity index (χ0) is 13.1. The van der Waals surface area contributed by atoms with Crippen molar-refractivity contribution < 1.29 is 0 Å². The molecule has 0 radical (unpaired) electrons. The van der Waals surface area contributed by atoms with Crippen LogP contribution in [0.3, 0.4) is 0 Å². The number of likely N-dealkylation sites (N-methyl/N-ethyl adjacent to an activating group) is 1. The van der Waals surface area contributed by atoms with Crippen LogP contribution >= 0.6 is 22.7 Å². The van der Waals surface area contributed by atoms with Gasteiger partial charge >= 0.3 is 0 Å². The van der Waals surface area contributed by atoms with Gasteiger partial charge in [0.2, 0.25) is 0 Å². The molecule has 1 N–H and O–H groups in total. The standard InChI is InChI=1S/C16H21NS2/c1-17-14(11-13-7-5-9-18-13)16-10-12-6-3-2-4-8-15(12)19-16/h5,7,9-10,14,17H,2-4,6,8,11H2,1H3. The van der Waals surface area contributed by atoms with Crippen molar-refractivity contribution in [3.8, 4) is 0 Å². The molecule has 2 aromatic rings. The Morgan fingerprint density at radius 3 is 2.95 bits per heavy atom. The maximum Gasteiger partial charge on any atom is 0.0461 e. The number of thiophene rings is 2. The van der Waals surface area contributed by atoms with Crippen LogP contribution in [0.5, 0.6) is 0 Å². The summed E-state index contributed by atoms with van der Waals surface area (Å²) >= 11 is 3.91. The SMILES string of the molecule is CNC(Cc1cccs1)c1cc2c(s1)CCCCC2. The summed E-state index contributed by atoms with van der Waals surface area (Å²) in [7, 11) is 2.09. The minimum atomic E-state index is 0.482. The monoisotopic (exact) mass is 291 g/mol. The Morgan fingerprint density at radius 2 is 2.16 bits per heavy atom. The van der Waals surface area contributed by atoms with Crippen molar-refractivity contribution in [2.75, 3.05) is 7.05 Å². The molecule has 0 saturated carbocycles. The first-order valence-corrected chi connectivity index (χ1v) is 8.87. The quantitative estimate of drug-likeness (QED) is 0.813. The van der Waals surface area contributed by atoms with Gasteiger partial charge in [-0.05, 0) is 55.8 Å². The molecule has 0 aromatic carbocycles. The average Bonchev–Trinajstić information content (AvgIpc) is 3.02. The van der Waals surface area contributed by atoms with Crippen LogP contribution in [0.25, 0.3) is 0 Å². The Bertz CT molecular complexity index is 489. The maximum absolute atomic E-state index is 3.50. The molecule has 19 heavy (non-hydrogen) atoms. The summed E-state index contributed by atoms with van der Waals surface area (Å²) in [6.07, 6.45) is 7.87. The first-order valence-electron chi connectivity index (χ1n) is 7.18. The molecule has 1 nitrogen and oxygen atoms in total. The largest absolute Gasteiger partial charge is 0.312 e. The van der Waals surface area contributed by atoms with E-state index in [-0.39, 0.29) is 0 Å². The van der Waals surface area contributed by atoms with E-state index in [2.05, 4.69) is 35.9 Å². The van der Waals surface area contributed by atoms with Crippen molar-refractivity contribution in [2.45, 2.75) is 44.6 Å². The molecule has 0 fully saturated rings. The highest BCUT2D eigenvalue weighted by atomic mass is 32.1. The van der Waals surface area contributed by atoms with E-state index in [0.717, 1.165) is 6.42 Å². The maximum atomic E-state index is 3.50. The molecular formula is C16H21NS2. The number of aryl methyl sites for hydroxylation is 2. The Labute approximate surface area is 123 Å². The van der Waals surface area contributed by atoms with Gasteiger partial charge in [-0.3, -0.25) is 0 Å². The summed E-state index contributed by atoms with van der Waals surface area (Å²) in [6.45, 7) is 0. The van der Waals surface area contributed by atoms with Gasteiger partial charge in [-0.25, -0.2) is 0 Å². The highest BCUT2D eigenvalue weighted by molar-refractivity contribution is 7.12. The van der Waals surface area contributed by atoms with E-state index in [0.29, 0.717) is 6.04 Å². The minimum absolute atomic E-state index is 0.482. The fourth-order valence-electron chi connectivity index (χ4n) is 2.84. The van der Waals surface area contributed by atoms with Gasteiger partial charge in [-0.2, -0.15) is 0 Å². The molecule has 1 unspecified atom stereocenters. The zero-order valence-electron chi connectivity index (χ0n) is 11.4. The van der Waals surface area contributed by atoms with Crippen molar-refractivity contribution in [2.24, 2.45) is 0 Å². The molecule has 102 valence electrons. The fourth-order valence-corrected chi connectivity index (χ4v) is 4.96. The summed E-state index contributed by atoms with van der Waals surface area (Å²) in [5.41, 5.74) is 1.63. The lowest BCUT2D eigenvalue weighted by molar-refractivity contribution is 0.606. The van der Waals surface area contributed by atoms with Gasteiger partial charge in [-0.1, -0.05) is 12.5 Å². The predicted molar refractivity (Wildman–Crippen MR) is 85.4 cm³/mol. The highest BCUT2D eigenvalue weighted by Crippen LogP contribution is 2.33. The van der Waals surface area contributed by atoms with Crippen molar-refractivity contribution in [1.29, 1.82) is 0 Å². The van der Waals surface area contributed by atoms with Crippen LogP contribution < -0.4 is 5.32 Å². The average molecular weight is 291 g/mol. The van der Waals surface area contributed by atoms with E-state index in [9.17, 15) is 0 Å². The number of rotatable bonds is 4. The van der Waals surface area contributed by atoms with Gasteiger partial charge in [-0.15, -0.1) is 22.7 Å². The Morgan fingerprint density at radius 1 is 1.26 bits per heavy atom. The highest BCUT2D eigenvalue weighted by Gasteiger charge is 2.18. The normalized spacial score (nSPS) is 16.9. The third kappa shape index (κ3) is 3.10. The Kier molecular flexibility index (Phi) is 4.36. The minimum Gasteiger partial charge on any atom is -0.312 e. The predicted octanol–water partition coefficient (Wildman–Crippen LogP) is 4.58. The van der Waals surface area contributed by atoms with E-state index < -0.39 is 0 Å². The third-order valence-electron chi connectivity index (χ3n) is 3.94. The van der Waals surface area contributed by atoms with Crippen LogP contribution in [0.4, 0.5) is 0 Å². The van der Waals surface area contributed by atoms with Gasteiger partial charge in [0, 0.05) is 27.1 Å². The summed E-state index contributed by atoms with van der Waals surface area (Å²) in [5.74, 6) is 0. The molecule has 1 aliphatic rings. The number of nitrogens with one attached hydrogen (secondary N) is 1. The van der Waals surface area contributed by atoms with Crippen molar-refractivity contribution in [1.82, 2.24) is 5.32 Å². The van der Waals surface area contributed by atoms with Crippen LogP contribution in [0.1, 0.15) is 45.5 Å². The van der Waals surface area contributed by atoms with E-state index >= 15 is 0 Å². The van der Waals surface area contributed by atoms with Crippen molar-refractivity contribution >= 4 is 22.7 Å². The fraction of sp³-hybridized carbons (Fsp3) is 0.500. The van der Waals surface area contributed by atoms with Gasteiger partial charge in [0.05, 0.1) is 0 Å². The molecular weight excluding hydrogens is 270 g/mol. The first kappa shape index (κ1) is 13.3. The van der Waals surface area contributed by atoms with Crippen molar-refractivity contribution in [3.05, 3.63) is 43.8 Å². The van der Waals surface area contributed by atoms with E-state index in [1.807, 2.05) is 22.7 Å². The molecule has 3 heteroatoms. The Balaban J connectivity index is 1.79. The van der Waals surface area contributed by atoms with Gasteiger partial charge in [0.15, 0.2) is 0 Å². The van der Waals surface area contributed by atoms with Crippen LogP contribution in [-0.4, -0.2) is 7.05 Å². The zero-order valence-corrected chi connectivity index (χ0v) is 13.1. The summed E-state index contributed by atoms with van der Waals surface area (Å²) in [6, 6.07) is 7.35. The summed E-state index contributed by atoms with van der Waals surface area (Å²) in [5, 5.41) is 5.67. The first-order chi connectivity index (χ1) is 9.36. The number of hydrogen-bond donors (Lipinski definition) is 1. The van der Waals surface area contributed by atoms with Gasteiger partial charge in [0.1, 0.15) is 0 Å².